The highest BCUT2D eigenvalue weighted by Crippen LogP contribution is 2.29. The number of hydrogen-bond acceptors (Lipinski definition) is 5. The number of ether oxygens (including phenoxy) is 2. The van der Waals surface area contributed by atoms with Crippen LogP contribution in [0.4, 0.5) is 0 Å². The van der Waals surface area contributed by atoms with Crippen molar-refractivity contribution in [3.05, 3.63) is 87.1 Å². The van der Waals surface area contributed by atoms with E-state index in [1.165, 1.54) is 13.2 Å². The van der Waals surface area contributed by atoms with E-state index < -0.39 is 5.91 Å². The minimum atomic E-state index is -0.580. The molecule has 0 aliphatic carbocycles. The summed E-state index contributed by atoms with van der Waals surface area (Å²) in [6.07, 6.45) is 3.12. The number of methoxy groups -OCH3 is 1. The van der Waals surface area contributed by atoms with Crippen LogP contribution in [-0.4, -0.2) is 25.5 Å². The number of benzene rings is 2. The van der Waals surface area contributed by atoms with Gasteiger partial charge in [-0.1, -0.05) is 35.9 Å². The number of carbonyl (C=O) groups excluding carboxylic acids is 2. The number of rotatable bonds is 9. The Balaban J connectivity index is 1.73. The van der Waals surface area contributed by atoms with Crippen molar-refractivity contribution < 1.29 is 19.1 Å². The molecule has 0 saturated carbocycles. The predicted molar refractivity (Wildman–Crippen MR) is 122 cm³/mol. The molecule has 0 fully saturated rings. The molecule has 0 bridgehead atoms. The summed E-state index contributed by atoms with van der Waals surface area (Å²) in [6, 6.07) is 16.1. The summed E-state index contributed by atoms with van der Waals surface area (Å²) in [7, 11) is 1.49. The number of carbonyl (C=O) groups is 2. The van der Waals surface area contributed by atoms with Gasteiger partial charge in [0.2, 0.25) is 5.91 Å². The van der Waals surface area contributed by atoms with E-state index >= 15 is 0 Å². The van der Waals surface area contributed by atoms with Crippen LogP contribution in [0.25, 0.3) is 6.08 Å². The summed E-state index contributed by atoms with van der Waals surface area (Å²) in [5.74, 6) is -0.00474. The second-order valence-electron chi connectivity index (χ2n) is 6.51. The number of halogens is 1. The lowest BCUT2D eigenvalue weighted by Crippen LogP contribution is -2.27. The van der Waals surface area contributed by atoms with Crippen molar-refractivity contribution in [2.45, 2.75) is 6.04 Å². The standard InChI is InChI=1S/C23H21ClN2O4S/c1-29-19-13-15(4-10-18(19)30-14-21(25)27)5-11-22(28)26-23(20-3-2-12-31-20)16-6-8-17(24)9-7-16/h2-13,23H,14H2,1H3,(H2,25,27)(H,26,28). The maximum atomic E-state index is 12.6. The van der Waals surface area contributed by atoms with Crippen LogP contribution in [0, 0.1) is 0 Å². The Kier molecular flexibility index (Phi) is 7.70. The lowest BCUT2D eigenvalue weighted by Gasteiger charge is -2.17. The first-order valence-corrected chi connectivity index (χ1v) is 10.6. The fourth-order valence-corrected chi connectivity index (χ4v) is 3.78. The second-order valence-corrected chi connectivity index (χ2v) is 7.92. The molecule has 0 radical (unpaired) electrons. The normalized spacial score (nSPS) is 11.8. The molecule has 0 aliphatic rings. The second kappa shape index (κ2) is 10.7. The van der Waals surface area contributed by atoms with E-state index in [0.29, 0.717) is 16.5 Å². The number of hydrogen-bond donors (Lipinski definition) is 2. The average molecular weight is 457 g/mol. The van der Waals surface area contributed by atoms with Crippen molar-refractivity contribution >= 4 is 40.8 Å². The number of primary amides is 1. The first kappa shape index (κ1) is 22.4. The van der Waals surface area contributed by atoms with E-state index in [2.05, 4.69) is 5.32 Å². The Hall–Kier alpha value is -3.29. The molecule has 0 saturated heterocycles. The number of amides is 2. The lowest BCUT2D eigenvalue weighted by atomic mass is 10.1. The monoisotopic (exact) mass is 456 g/mol. The van der Waals surface area contributed by atoms with Crippen LogP contribution < -0.4 is 20.5 Å². The topological polar surface area (TPSA) is 90.7 Å². The van der Waals surface area contributed by atoms with Gasteiger partial charge in [0.25, 0.3) is 5.91 Å². The van der Waals surface area contributed by atoms with Crippen molar-refractivity contribution in [1.29, 1.82) is 0 Å². The fraction of sp³-hybridized carbons (Fsp3) is 0.130. The largest absolute Gasteiger partial charge is 0.493 e. The van der Waals surface area contributed by atoms with Crippen molar-refractivity contribution in [2.75, 3.05) is 13.7 Å². The smallest absolute Gasteiger partial charge is 0.255 e. The molecule has 8 heteroatoms. The third-order valence-corrected chi connectivity index (χ3v) is 5.49. The minimum absolute atomic E-state index is 0.247. The SMILES string of the molecule is COc1cc(C=CC(=O)NC(c2ccc(Cl)cc2)c2cccs2)ccc1OCC(N)=O. The summed E-state index contributed by atoms with van der Waals surface area (Å²) in [4.78, 5) is 24.6. The quantitative estimate of drug-likeness (QED) is 0.472. The van der Waals surface area contributed by atoms with E-state index in [1.807, 2.05) is 29.6 Å². The van der Waals surface area contributed by atoms with E-state index in [1.54, 1.807) is 47.7 Å². The van der Waals surface area contributed by atoms with E-state index in [0.717, 1.165) is 16.0 Å². The summed E-state index contributed by atoms with van der Waals surface area (Å²) in [5.41, 5.74) is 6.77. The molecule has 3 N–H and O–H groups in total. The molecule has 0 spiro atoms. The lowest BCUT2D eigenvalue weighted by molar-refractivity contribution is -0.120. The molecule has 2 aromatic carbocycles. The molecule has 0 aliphatic heterocycles. The highest BCUT2D eigenvalue weighted by molar-refractivity contribution is 7.10. The number of thiophene rings is 1. The third-order valence-electron chi connectivity index (χ3n) is 4.30. The zero-order valence-corrected chi connectivity index (χ0v) is 18.3. The molecule has 3 aromatic rings. The Morgan fingerprint density at radius 1 is 1.16 bits per heavy atom. The number of nitrogens with one attached hydrogen (secondary N) is 1. The van der Waals surface area contributed by atoms with Gasteiger partial charge in [-0.3, -0.25) is 9.59 Å². The Morgan fingerprint density at radius 2 is 1.94 bits per heavy atom. The van der Waals surface area contributed by atoms with Gasteiger partial charge < -0.3 is 20.5 Å². The molecule has 3 rings (SSSR count). The molecule has 1 heterocycles. The molecule has 1 atom stereocenters. The van der Waals surface area contributed by atoms with Crippen LogP contribution in [0.2, 0.25) is 5.02 Å². The van der Waals surface area contributed by atoms with Crippen molar-refractivity contribution in [1.82, 2.24) is 5.32 Å². The van der Waals surface area contributed by atoms with Crippen LogP contribution in [-0.2, 0) is 9.59 Å². The van der Waals surface area contributed by atoms with Crippen molar-refractivity contribution in [3.8, 4) is 11.5 Å². The first-order valence-electron chi connectivity index (χ1n) is 9.33. The van der Waals surface area contributed by atoms with Gasteiger partial charge in [0.15, 0.2) is 18.1 Å². The summed E-state index contributed by atoms with van der Waals surface area (Å²) < 4.78 is 10.6. The first-order chi connectivity index (χ1) is 15.0. The van der Waals surface area contributed by atoms with Crippen LogP contribution >= 0.6 is 22.9 Å². The van der Waals surface area contributed by atoms with Gasteiger partial charge in [-0.05, 0) is 52.9 Å². The molecule has 31 heavy (non-hydrogen) atoms. The van der Waals surface area contributed by atoms with Crippen LogP contribution in [0.1, 0.15) is 22.0 Å². The van der Waals surface area contributed by atoms with Gasteiger partial charge in [0.05, 0.1) is 13.2 Å². The zero-order chi connectivity index (χ0) is 22.2. The maximum absolute atomic E-state index is 12.6. The number of nitrogens with two attached hydrogens (primary N) is 1. The highest BCUT2D eigenvalue weighted by Gasteiger charge is 2.17. The molecular weight excluding hydrogens is 436 g/mol. The van der Waals surface area contributed by atoms with E-state index in [4.69, 9.17) is 26.8 Å². The van der Waals surface area contributed by atoms with E-state index in [-0.39, 0.29) is 18.6 Å². The zero-order valence-electron chi connectivity index (χ0n) is 16.7. The van der Waals surface area contributed by atoms with Gasteiger partial charge in [-0.15, -0.1) is 11.3 Å². The molecular formula is C23H21ClN2O4S. The molecule has 6 nitrogen and oxygen atoms in total. The van der Waals surface area contributed by atoms with Gasteiger partial charge >= 0.3 is 0 Å². The molecule has 2 amide bonds. The van der Waals surface area contributed by atoms with Crippen LogP contribution in [0.3, 0.4) is 0 Å². The van der Waals surface area contributed by atoms with Crippen LogP contribution in [0.15, 0.2) is 66.1 Å². The van der Waals surface area contributed by atoms with Crippen LogP contribution in [0.5, 0.6) is 11.5 Å². The summed E-state index contributed by atoms with van der Waals surface area (Å²) >= 11 is 7.56. The van der Waals surface area contributed by atoms with Gasteiger partial charge in [-0.25, -0.2) is 0 Å². The van der Waals surface area contributed by atoms with Gasteiger partial charge in [-0.2, -0.15) is 0 Å². The summed E-state index contributed by atoms with van der Waals surface area (Å²) in [5, 5.41) is 5.64. The third kappa shape index (κ3) is 6.34. The Morgan fingerprint density at radius 3 is 2.58 bits per heavy atom. The minimum Gasteiger partial charge on any atom is -0.493 e. The average Bonchev–Trinajstić information content (AvgIpc) is 3.30. The van der Waals surface area contributed by atoms with Gasteiger partial charge in [0.1, 0.15) is 0 Å². The molecule has 160 valence electrons. The Labute approximate surface area is 189 Å². The molecule has 1 aromatic heterocycles. The fourth-order valence-electron chi connectivity index (χ4n) is 2.85. The van der Waals surface area contributed by atoms with Crippen molar-refractivity contribution in [2.24, 2.45) is 5.73 Å². The van der Waals surface area contributed by atoms with E-state index in [9.17, 15) is 9.59 Å². The molecule has 1 unspecified atom stereocenters. The Bertz CT molecular complexity index is 1070. The predicted octanol–water partition coefficient (Wildman–Crippen LogP) is 4.19. The maximum Gasteiger partial charge on any atom is 0.255 e. The summed E-state index contributed by atoms with van der Waals surface area (Å²) in [6.45, 7) is -0.247. The van der Waals surface area contributed by atoms with Gasteiger partial charge in [0, 0.05) is 16.0 Å². The highest BCUT2D eigenvalue weighted by atomic mass is 35.5. The van der Waals surface area contributed by atoms with Crippen molar-refractivity contribution in [3.63, 3.8) is 0 Å².